The average Bonchev–Trinajstić information content (AvgIpc) is 3.48. The van der Waals surface area contributed by atoms with Crippen molar-refractivity contribution in [3.63, 3.8) is 0 Å². The SMILES string of the molecule is C=C/C(=C\C(=C/C)C(N)=O)C(N)(CCC1CC1)c1ccc(F)c(C)c1.CC=O. The Labute approximate surface area is 167 Å². The summed E-state index contributed by atoms with van der Waals surface area (Å²) in [6, 6.07) is 4.93. The lowest BCUT2D eigenvalue weighted by molar-refractivity contribution is -0.114. The fourth-order valence-corrected chi connectivity index (χ4v) is 3.05. The van der Waals surface area contributed by atoms with E-state index in [0.717, 1.165) is 18.3 Å². The number of aryl methyl sites for hydroxylation is 1. The van der Waals surface area contributed by atoms with E-state index < -0.39 is 11.4 Å². The number of carbonyl (C=O) groups excluding carboxylic acids is 2. The number of amides is 1. The van der Waals surface area contributed by atoms with Crippen LogP contribution in [0.3, 0.4) is 0 Å². The van der Waals surface area contributed by atoms with Gasteiger partial charge in [-0.3, -0.25) is 4.79 Å². The van der Waals surface area contributed by atoms with Crippen molar-refractivity contribution in [2.24, 2.45) is 17.4 Å². The predicted octanol–water partition coefficient (Wildman–Crippen LogP) is 4.23. The molecule has 4 nitrogen and oxygen atoms in total. The number of hydrogen-bond donors (Lipinski definition) is 2. The molecule has 1 aliphatic carbocycles. The molecule has 5 heteroatoms. The normalized spacial score (nSPS) is 16.5. The van der Waals surface area contributed by atoms with Gasteiger partial charge in [0.15, 0.2) is 0 Å². The molecule has 152 valence electrons. The van der Waals surface area contributed by atoms with Crippen molar-refractivity contribution in [2.75, 3.05) is 0 Å². The van der Waals surface area contributed by atoms with Crippen molar-refractivity contribution in [3.05, 3.63) is 71.1 Å². The molecule has 1 amide bonds. The van der Waals surface area contributed by atoms with E-state index in [1.165, 1.54) is 25.8 Å². The van der Waals surface area contributed by atoms with Crippen LogP contribution in [0.15, 0.2) is 54.2 Å². The molecule has 0 bridgehead atoms. The first-order valence-electron chi connectivity index (χ1n) is 9.49. The molecule has 0 saturated heterocycles. The van der Waals surface area contributed by atoms with E-state index in [9.17, 15) is 9.18 Å². The van der Waals surface area contributed by atoms with Gasteiger partial charge >= 0.3 is 0 Å². The number of rotatable bonds is 8. The Bertz CT molecular complexity index is 779. The average molecular weight is 387 g/mol. The molecule has 0 radical (unpaired) electrons. The van der Waals surface area contributed by atoms with E-state index >= 15 is 0 Å². The molecular formula is C23H31FN2O2. The van der Waals surface area contributed by atoms with Gasteiger partial charge in [0.25, 0.3) is 0 Å². The van der Waals surface area contributed by atoms with E-state index in [-0.39, 0.29) is 5.82 Å². The third-order valence-electron chi connectivity index (χ3n) is 4.96. The molecule has 2 rings (SSSR count). The van der Waals surface area contributed by atoms with Gasteiger partial charge in [0.05, 0.1) is 5.54 Å². The zero-order valence-electron chi connectivity index (χ0n) is 17.0. The quantitative estimate of drug-likeness (QED) is 0.398. The Morgan fingerprint density at radius 3 is 2.39 bits per heavy atom. The molecule has 0 heterocycles. The smallest absolute Gasteiger partial charge is 0.248 e. The van der Waals surface area contributed by atoms with Gasteiger partial charge in [0.2, 0.25) is 5.91 Å². The van der Waals surface area contributed by atoms with Crippen molar-refractivity contribution in [3.8, 4) is 0 Å². The number of allylic oxidation sites excluding steroid dienone is 1. The third kappa shape index (κ3) is 6.27. The minimum atomic E-state index is -0.841. The van der Waals surface area contributed by atoms with Crippen LogP contribution >= 0.6 is 0 Å². The highest BCUT2D eigenvalue weighted by molar-refractivity contribution is 5.95. The molecule has 1 aromatic carbocycles. The highest BCUT2D eigenvalue weighted by atomic mass is 19.1. The summed E-state index contributed by atoms with van der Waals surface area (Å²) in [5.74, 6) is -0.0711. The van der Waals surface area contributed by atoms with Gasteiger partial charge in [0.1, 0.15) is 12.1 Å². The van der Waals surface area contributed by atoms with Crippen LogP contribution in [0.1, 0.15) is 50.7 Å². The predicted molar refractivity (Wildman–Crippen MR) is 112 cm³/mol. The van der Waals surface area contributed by atoms with Crippen molar-refractivity contribution in [1.82, 2.24) is 0 Å². The molecule has 1 aliphatic rings. The van der Waals surface area contributed by atoms with Crippen LogP contribution in [0.4, 0.5) is 4.39 Å². The first-order valence-corrected chi connectivity index (χ1v) is 9.49. The zero-order chi connectivity index (χ0) is 21.3. The van der Waals surface area contributed by atoms with Gasteiger partial charge in [-0.1, -0.05) is 43.7 Å². The molecule has 1 atom stereocenters. The van der Waals surface area contributed by atoms with Gasteiger partial charge in [-0.15, -0.1) is 0 Å². The number of hydrogen-bond acceptors (Lipinski definition) is 3. The van der Waals surface area contributed by atoms with Crippen LogP contribution in [0.25, 0.3) is 0 Å². The lowest BCUT2D eigenvalue weighted by atomic mass is 9.77. The molecule has 28 heavy (non-hydrogen) atoms. The van der Waals surface area contributed by atoms with E-state index in [1.807, 2.05) is 0 Å². The van der Waals surface area contributed by atoms with Gasteiger partial charge in [0, 0.05) is 5.57 Å². The summed E-state index contributed by atoms with van der Waals surface area (Å²) in [6.45, 7) is 8.80. The molecule has 4 N–H and O–H groups in total. The molecule has 1 fully saturated rings. The molecular weight excluding hydrogens is 355 g/mol. The molecule has 1 saturated carbocycles. The van der Waals surface area contributed by atoms with Crippen molar-refractivity contribution in [2.45, 2.75) is 52.0 Å². The standard InChI is InChI=1S/C21H27FN2O.C2H4O/c1-4-16(20(23)25)13-17(5-2)21(24,11-10-15-6-7-15)18-8-9-19(22)14(3)12-18;1-2-3/h4-5,8-9,12-13,15H,2,6-7,10-11,24H2,1,3H3,(H2,23,25);2H,1H3/b16-4+,17-13+;. The Kier molecular flexibility index (Phi) is 9.00. The second-order valence-corrected chi connectivity index (χ2v) is 7.07. The summed E-state index contributed by atoms with van der Waals surface area (Å²) in [7, 11) is 0. The van der Waals surface area contributed by atoms with Crippen molar-refractivity contribution >= 4 is 12.2 Å². The number of aldehydes is 1. The zero-order valence-corrected chi connectivity index (χ0v) is 17.0. The topological polar surface area (TPSA) is 86.2 Å². The highest BCUT2D eigenvalue weighted by Gasteiger charge is 2.34. The van der Waals surface area contributed by atoms with Gasteiger partial charge < -0.3 is 16.3 Å². The number of halogens is 1. The van der Waals surface area contributed by atoms with Crippen molar-refractivity contribution < 1.29 is 14.0 Å². The molecule has 0 aliphatic heterocycles. The van der Waals surface area contributed by atoms with Crippen LogP contribution in [0.2, 0.25) is 0 Å². The fraction of sp³-hybridized carbons (Fsp3) is 0.391. The summed E-state index contributed by atoms with van der Waals surface area (Å²) in [4.78, 5) is 20.4. The van der Waals surface area contributed by atoms with Crippen LogP contribution < -0.4 is 11.5 Å². The fourth-order valence-electron chi connectivity index (χ4n) is 3.05. The van der Waals surface area contributed by atoms with E-state index in [1.54, 1.807) is 44.2 Å². The van der Waals surface area contributed by atoms with Crippen LogP contribution in [0, 0.1) is 18.7 Å². The minimum Gasteiger partial charge on any atom is -0.366 e. The second-order valence-electron chi connectivity index (χ2n) is 7.07. The first kappa shape index (κ1) is 23.5. The summed E-state index contributed by atoms with van der Waals surface area (Å²) in [5, 5.41) is 0. The van der Waals surface area contributed by atoms with Crippen LogP contribution in [-0.4, -0.2) is 12.2 Å². The Morgan fingerprint density at radius 1 is 1.36 bits per heavy atom. The minimum absolute atomic E-state index is 0.260. The summed E-state index contributed by atoms with van der Waals surface area (Å²) in [6.07, 6.45) is 9.92. The Morgan fingerprint density at radius 2 is 1.96 bits per heavy atom. The number of primary amides is 1. The summed E-state index contributed by atoms with van der Waals surface area (Å²) < 4.78 is 13.7. The van der Waals surface area contributed by atoms with E-state index in [4.69, 9.17) is 16.3 Å². The second kappa shape index (κ2) is 10.7. The lowest BCUT2D eigenvalue weighted by Gasteiger charge is -2.32. The Balaban J connectivity index is 0.00000122. The summed E-state index contributed by atoms with van der Waals surface area (Å²) in [5.41, 5.74) is 13.9. The van der Waals surface area contributed by atoms with Gasteiger partial charge in [-0.05, 0) is 68.4 Å². The maximum atomic E-state index is 13.7. The molecule has 1 unspecified atom stereocenters. The van der Waals surface area contributed by atoms with E-state index in [0.29, 0.717) is 29.0 Å². The van der Waals surface area contributed by atoms with Crippen molar-refractivity contribution in [1.29, 1.82) is 0 Å². The lowest BCUT2D eigenvalue weighted by Crippen LogP contribution is -2.39. The largest absolute Gasteiger partial charge is 0.366 e. The van der Waals surface area contributed by atoms with E-state index in [2.05, 4.69) is 6.58 Å². The Hall–Kier alpha value is -2.53. The number of carbonyl (C=O) groups is 2. The molecule has 0 aromatic heterocycles. The third-order valence-corrected chi connectivity index (χ3v) is 4.96. The molecule has 1 aromatic rings. The number of benzene rings is 1. The number of nitrogens with two attached hydrogens (primary N) is 2. The maximum absolute atomic E-state index is 13.7. The van der Waals surface area contributed by atoms with Crippen LogP contribution in [0.5, 0.6) is 0 Å². The monoisotopic (exact) mass is 386 g/mol. The van der Waals surface area contributed by atoms with Gasteiger partial charge in [-0.2, -0.15) is 0 Å². The van der Waals surface area contributed by atoms with Crippen LogP contribution in [-0.2, 0) is 15.1 Å². The molecule has 0 spiro atoms. The van der Waals surface area contributed by atoms with Gasteiger partial charge in [-0.25, -0.2) is 4.39 Å². The first-order chi connectivity index (χ1) is 13.2. The highest BCUT2D eigenvalue weighted by Crippen LogP contribution is 2.40. The summed E-state index contributed by atoms with van der Waals surface area (Å²) >= 11 is 0. The maximum Gasteiger partial charge on any atom is 0.248 e.